The largest absolute Gasteiger partial charge is 0.495 e. The number of benzene rings is 2. The fourth-order valence-electron chi connectivity index (χ4n) is 5.76. The molecule has 9 heteroatoms. The lowest BCUT2D eigenvalue weighted by Gasteiger charge is -2.28. The van der Waals surface area contributed by atoms with E-state index in [-0.39, 0.29) is 12.0 Å². The van der Waals surface area contributed by atoms with E-state index < -0.39 is 0 Å². The summed E-state index contributed by atoms with van der Waals surface area (Å²) in [5.41, 5.74) is 4.14. The molecule has 2 N–H and O–H groups in total. The number of likely N-dealkylation sites (N-methyl/N-ethyl adjacent to an activating group) is 1. The summed E-state index contributed by atoms with van der Waals surface area (Å²) in [4.78, 5) is 29.1. The molecular formula is C31H40N6O3. The second kappa shape index (κ2) is 12.2. The minimum Gasteiger partial charge on any atom is -0.495 e. The van der Waals surface area contributed by atoms with E-state index in [1.807, 2.05) is 30.3 Å². The van der Waals surface area contributed by atoms with Crippen LogP contribution in [0.3, 0.4) is 0 Å². The second-order valence-electron chi connectivity index (χ2n) is 10.6. The molecule has 1 aliphatic carbocycles. The molecule has 3 aromatic rings. The SMILES string of the molecule is CCN(CC)CCN1c2ccccc2C(=O)N(C)c2cnc(Nc3ccc(C4CCC(O)CC4)cc3OC)nc21. The average molecular weight is 545 g/mol. The predicted octanol–water partition coefficient (Wildman–Crippen LogP) is 5.32. The number of aliphatic hydroxyl groups is 1. The first-order chi connectivity index (χ1) is 19.4. The van der Waals surface area contributed by atoms with Crippen LogP contribution in [0.25, 0.3) is 0 Å². The summed E-state index contributed by atoms with van der Waals surface area (Å²) in [6.45, 7) is 7.73. The van der Waals surface area contributed by atoms with Gasteiger partial charge >= 0.3 is 0 Å². The fraction of sp³-hybridized carbons (Fsp3) is 0.452. The number of fused-ring (bicyclic) bond motifs is 2. The van der Waals surface area contributed by atoms with Crippen LogP contribution in [0.15, 0.2) is 48.7 Å². The summed E-state index contributed by atoms with van der Waals surface area (Å²) in [7, 11) is 3.44. The van der Waals surface area contributed by atoms with Crippen molar-refractivity contribution in [2.75, 3.05) is 55.5 Å². The zero-order valence-electron chi connectivity index (χ0n) is 23.9. The molecule has 1 fully saturated rings. The number of nitrogens with one attached hydrogen (secondary N) is 1. The Hall–Kier alpha value is -3.69. The third-order valence-corrected chi connectivity index (χ3v) is 8.27. The van der Waals surface area contributed by atoms with E-state index in [4.69, 9.17) is 9.72 Å². The predicted molar refractivity (Wildman–Crippen MR) is 159 cm³/mol. The zero-order valence-corrected chi connectivity index (χ0v) is 23.9. The normalized spacial score (nSPS) is 18.8. The molecule has 1 aromatic heterocycles. The van der Waals surface area contributed by atoms with Crippen molar-refractivity contribution in [3.63, 3.8) is 0 Å². The number of aliphatic hydroxyl groups excluding tert-OH is 1. The number of rotatable bonds is 9. The van der Waals surface area contributed by atoms with Crippen molar-refractivity contribution < 1.29 is 14.6 Å². The van der Waals surface area contributed by atoms with Gasteiger partial charge in [-0.15, -0.1) is 0 Å². The van der Waals surface area contributed by atoms with Gasteiger partial charge in [0.25, 0.3) is 5.91 Å². The number of hydrogen-bond acceptors (Lipinski definition) is 8. The van der Waals surface area contributed by atoms with E-state index in [0.29, 0.717) is 35.5 Å². The highest BCUT2D eigenvalue weighted by Crippen LogP contribution is 2.40. The van der Waals surface area contributed by atoms with E-state index in [0.717, 1.165) is 62.4 Å². The molecule has 1 aliphatic heterocycles. The number of methoxy groups -OCH3 is 1. The molecule has 2 heterocycles. The van der Waals surface area contributed by atoms with Crippen molar-refractivity contribution in [2.45, 2.75) is 51.6 Å². The first-order valence-electron chi connectivity index (χ1n) is 14.3. The molecule has 40 heavy (non-hydrogen) atoms. The first-order valence-corrected chi connectivity index (χ1v) is 14.3. The van der Waals surface area contributed by atoms with Gasteiger partial charge in [-0.2, -0.15) is 4.98 Å². The molecule has 0 spiro atoms. The number of amides is 1. The standard InChI is InChI=1S/C31H40N6O3/c1-5-36(6-2)17-18-37-26-10-8-7-9-24(26)30(39)35(3)27-20-32-31(34-29(27)37)33-25-16-13-22(19-28(25)40-4)21-11-14-23(38)15-12-21/h7-10,13,16,19-21,23,38H,5-6,11-12,14-15,17-18H2,1-4H3,(H,32,33,34). The van der Waals surface area contributed by atoms with Gasteiger partial charge in [0, 0.05) is 20.1 Å². The van der Waals surface area contributed by atoms with Crippen molar-refractivity contribution in [2.24, 2.45) is 0 Å². The number of anilines is 5. The molecule has 1 saturated carbocycles. The molecule has 2 aliphatic rings. The van der Waals surface area contributed by atoms with Gasteiger partial charge in [0.15, 0.2) is 5.82 Å². The molecule has 0 saturated heterocycles. The Morgan fingerprint density at radius 1 is 1.07 bits per heavy atom. The summed E-state index contributed by atoms with van der Waals surface area (Å²) >= 11 is 0. The Morgan fingerprint density at radius 3 is 2.55 bits per heavy atom. The monoisotopic (exact) mass is 544 g/mol. The number of ether oxygens (including phenoxy) is 1. The summed E-state index contributed by atoms with van der Waals surface area (Å²) < 4.78 is 5.75. The topological polar surface area (TPSA) is 94.1 Å². The van der Waals surface area contributed by atoms with Crippen LogP contribution >= 0.6 is 0 Å². The van der Waals surface area contributed by atoms with E-state index >= 15 is 0 Å². The van der Waals surface area contributed by atoms with E-state index in [9.17, 15) is 9.90 Å². The summed E-state index contributed by atoms with van der Waals surface area (Å²) in [6.07, 6.45) is 5.15. The summed E-state index contributed by atoms with van der Waals surface area (Å²) in [5, 5.41) is 13.3. The van der Waals surface area contributed by atoms with Crippen molar-refractivity contribution in [1.29, 1.82) is 0 Å². The Kier molecular flexibility index (Phi) is 8.52. The van der Waals surface area contributed by atoms with E-state index in [1.165, 1.54) is 5.56 Å². The van der Waals surface area contributed by atoms with Gasteiger partial charge in [0.2, 0.25) is 5.95 Å². The van der Waals surface area contributed by atoms with Crippen LogP contribution in [0, 0.1) is 0 Å². The van der Waals surface area contributed by atoms with Gasteiger partial charge in [-0.3, -0.25) is 4.79 Å². The van der Waals surface area contributed by atoms with Gasteiger partial charge < -0.3 is 29.9 Å². The number of carbonyl (C=O) groups excluding carboxylic acids is 1. The molecule has 0 radical (unpaired) electrons. The van der Waals surface area contributed by atoms with Crippen molar-refractivity contribution in [3.05, 3.63) is 59.8 Å². The summed E-state index contributed by atoms with van der Waals surface area (Å²) in [5.74, 6) is 2.17. The maximum absolute atomic E-state index is 13.4. The average Bonchev–Trinajstić information content (AvgIpc) is 3.07. The highest BCUT2D eigenvalue weighted by atomic mass is 16.5. The highest BCUT2D eigenvalue weighted by Gasteiger charge is 2.31. The number of aromatic nitrogens is 2. The smallest absolute Gasteiger partial charge is 0.260 e. The van der Waals surface area contributed by atoms with Crippen LogP contribution in [0.5, 0.6) is 5.75 Å². The number of para-hydroxylation sites is 1. The third-order valence-electron chi connectivity index (χ3n) is 8.27. The molecular weight excluding hydrogens is 504 g/mol. The zero-order chi connectivity index (χ0) is 28.2. The van der Waals surface area contributed by atoms with Gasteiger partial charge in [0.05, 0.1) is 36.3 Å². The quantitative estimate of drug-likeness (QED) is 0.374. The number of hydrogen-bond donors (Lipinski definition) is 2. The van der Waals surface area contributed by atoms with Gasteiger partial charge in [-0.1, -0.05) is 32.0 Å². The maximum Gasteiger partial charge on any atom is 0.260 e. The lowest BCUT2D eigenvalue weighted by Crippen LogP contribution is -2.33. The number of nitrogens with zero attached hydrogens (tertiary/aromatic N) is 5. The van der Waals surface area contributed by atoms with Gasteiger partial charge in [-0.25, -0.2) is 4.98 Å². The fourth-order valence-corrected chi connectivity index (χ4v) is 5.76. The van der Waals surface area contributed by atoms with Crippen LogP contribution < -0.4 is 19.9 Å². The van der Waals surface area contributed by atoms with Crippen LogP contribution in [0.1, 0.15) is 61.4 Å². The third kappa shape index (κ3) is 5.62. The van der Waals surface area contributed by atoms with Crippen molar-refractivity contribution in [3.8, 4) is 5.75 Å². The molecule has 9 nitrogen and oxygen atoms in total. The molecule has 0 atom stereocenters. The van der Waals surface area contributed by atoms with E-state index in [2.05, 4.69) is 46.1 Å². The lowest BCUT2D eigenvalue weighted by atomic mass is 9.82. The minimum atomic E-state index is -0.183. The molecule has 5 rings (SSSR count). The minimum absolute atomic E-state index is 0.0843. The Morgan fingerprint density at radius 2 is 1.82 bits per heavy atom. The van der Waals surface area contributed by atoms with Gasteiger partial charge in [-0.05, 0) is 74.5 Å². The lowest BCUT2D eigenvalue weighted by molar-refractivity contribution is 0.0994. The Bertz CT molecular complexity index is 1340. The van der Waals surface area contributed by atoms with Crippen molar-refractivity contribution in [1.82, 2.24) is 14.9 Å². The van der Waals surface area contributed by atoms with Crippen molar-refractivity contribution >= 4 is 34.7 Å². The highest BCUT2D eigenvalue weighted by molar-refractivity contribution is 6.13. The van der Waals surface area contributed by atoms with Crippen LogP contribution in [-0.2, 0) is 0 Å². The van der Waals surface area contributed by atoms with E-state index in [1.54, 1.807) is 25.3 Å². The Labute approximate surface area is 236 Å². The van der Waals surface area contributed by atoms with Crippen LogP contribution in [0.4, 0.5) is 28.8 Å². The maximum atomic E-state index is 13.4. The molecule has 212 valence electrons. The van der Waals surface area contributed by atoms with Crippen LogP contribution in [-0.4, -0.2) is 72.3 Å². The van der Waals surface area contributed by atoms with Gasteiger partial charge in [0.1, 0.15) is 11.4 Å². The first kappa shape index (κ1) is 27.9. The Balaban J connectivity index is 1.48. The second-order valence-corrected chi connectivity index (χ2v) is 10.6. The molecule has 1 amide bonds. The van der Waals surface area contributed by atoms with Crippen LogP contribution in [0.2, 0.25) is 0 Å². The molecule has 0 bridgehead atoms. The summed E-state index contributed by atoms with van der Waals surface area (Å²) in [6, 6.07) is 13.9. The molecule has 2 aromatic carbocycles. The molecule has 0 unspecified atom stereocenters. The number of carbonyl (C=O) groups is 1.